The number of rotatable bonds is 6. The molecule has 1 heterocycles. The van der Waals surface area contributed by atoms with Crippen molar-refractivity contribution in [1.29, 1.82) is 0 Å². The summed E-state index contributed by atoms with van der Waals surface area (Å²) < 4.78 is 1.98. The summed E-state index contributed by atoms with van der Waals surface area (Å²) in [7, 11) is 2.01. The van der Waals surface area contributed by atoms with Crippen LogP contribution in [0.1, 0.15) is 44.5 Å². The van der Waals surface area contributed by atoms with Crippen LogP contribution in [0.2, 0.25) is 0 Å². The van der Waals surface area contributed by atoms with Gasteiger partial charge in [-0.25, -0.2) is 0 Å². The van der Waals surface area contributed by atoms with Crippen molar-refractivity contribution in [2.75, 3.05) is 0 Å². The molecule has 1 rings (SSSR count). The summed E-state index contributed by atoms with van der Waals surface area (Å²) in [5.41, 5.74) is 2.47. The molecule has 1 unspecified atom stereocenters. The van der Waals surface area contributed by atoms with Crippen molar-refractivity contribution in [3.05, 3.63) is 17.5 Å². The Kier molecular flexibility index (Phi) is 5.16. The summed E-state index contributed by atoms with van der Waals surface area (Å²) in [6.07, 6.45) is 5.38. The number of aromatic nitrogens is 2. The molecule has 0 aliphatic heterocycles. The SMILES string of the molecule is CCCC(Cl)CCc1cc(CC)nn1C. The number of nitrogens with zero attached hydrogens (tertiary/aromatic N) is 2. The molecule has 0 saturated heterocycles. The minimum atomic E-state index is 0.315. The van der Waals surface area contributed by atoms with Gasteiger partial charge in [0.05, 0.1) is 5.69 Å². The molecular formula is C12H21ClN2. The molecule has 1 atom stereocenters. The predicted molar refractivity (Wildman–Crippen MR) is 65.5 cm³/mol. The lowest BCUT2D eigenvalue weighted by Gasteiger charge is -2.07. The maximum Gasteiger partial charge on any atom is 0.0624 e. The smallest absolute Gasteiger partial charge is 0.0624 e. The first-order valence-corrected chi connectivity index (χ1v) is 6.26. The number of hydrogen-bond acceptors (Lipinski definition) is 1. The fraction of sp³-hybridized carbons (Fsp3) is 0.750. The Labute approximate surface area is 97.6 Å². The molecular weight excluding hydrogens is 208 g/mol. The minimum Gasteiger partial charge on any atom is -0.272 e. The molecule has 0 radical (unpaired) electrons. The Morgan fingerprint density at radius 3 is 2.67 bits per heavy atom. The number of alkyl halides is 1. The zero-order chi connectivity index (χ0) is 11.3. The van der Waals surface area contributed by atoms with Crippen LogP contribution in [0.25, 0.3) is 0 Å². The Morgan fingerprint density at radius 1 is 1.40 bits per heavy atom. The largest absolute Gasteiger partial charge is 0.272 e. The van der Waals surface area contributed by atoms with Crippen LogP contribution < -0.4 is 0 Å². The highest BCUT2D eigenvalue weighted by Crippen LogP contribution is 2.14. The molecule has 1 aromatic heterocycles. The van der Waals surface area contributed by atoms with E-state index in [1.807, 2.05) is 11.7 Å². The van der Waals surface area contributed by atoms with Gasteiger partial charge in [0.25, 0.3) is 0 Å². The first-order chi connectivity index (χ1) is 7.17. The van der Waals surface area contributed by atoms with Crippen LogP contribution in [0, 0.1) is 0 Å². The highest BCUT2D eigenvalue weighted by atomic mass is 35.5. The standard InChI is InChI=1S/C12H21ClN2/c1-4-6-10(13)7-8-12-9-11(5-2)14-15(12)3/h9-10H,4-8H2,1-3H3. The summed E-state index contributed by atoms with van der Waals surface area (Å²) in [5, 5.41) is 4.74. The van der Waals surface area contributed by atoms with E-state index in [0.717, 1.165) is 25.7 Å². The molecule has 0 aliphatic rings. The molecule has 0 bridgehead atoms. The Balaban J connectivity index is 2.46. The van der Waals surface area contributed by atoms with E-state index >= 15 is 0 Å². The maximum atomic E-state index is 6.19. The third-order valence-electron chi connectivity index (χ3n) is 2.71. The van der Waals surface area contributed by atoms with Gasteiger partial charge in [0.1, 0.15) is 0 Å². The second kappa shape index (κ2) is 6.16. The molecule has 0 spiro atoms. The molecule has 0 amide bonds. The molecule has 15 heavy (non-hydrogen) atoms. The highest BCUT2D eigenvalue weighted by Gasteiger charge is 2.07. The zero-order valence-corrected chi connectivity index (χ0v) is 10.7. The maximum absolute atomic E-state index is 6.19. The number of halogens is 1. The monoisotopic (exact) mass is 228 g/mol. The fourth-order valence-corrected chi connectivity index (χ4v) is 2.07. The quantitative estimate of drug-likeness (QED) is 0.683. The van der Waals surface area contributed by atoms with Gasteiger partial charge < -0.3 is 0 Å². The van der Waals surface area contributed by atoms with Gasteiger partial charge in [0.2, 0.25) is 0 Å². The van der Waals surface area contributed by atoms with Crippen molar-refractivity contribution < 1.29 is 0 Å². The van der Waals surface area contributed by atoms with Crippen molar-refractivity contribution in [2.45, 2.75) is 51.3 Å². The van der Waals surface area contributed by atoms with E-state index in [1.165, 1.54) is 17.8 Å². The van der Waals surface area contributed by atoms with Crippen molar-refractivity contribution >= 4 is 11.6 Å². The van der Waals surface area contributed by atoms with E-state index < -0.39 is 0 Å². The minimum absolute atomic E-state index is 0.315. The summed E-state index contributed by atoms with van der Waals surface area (Å²) in [4.78, 5) is 0. The fourth-order valence-electron chi connectivity index (χ4n) is 1.74. The van der Waals surface area contributed by atoms with Crippen molar-refractivity contribution in [3.8, 4) is 0 Å². The lowest BCUT2D eigenvalue weighted by molar-refractivity contribution is 0.634. The highest BCUT2D eigenvalue weighted by molar-refractivity contribution is 6.20. The summed E-state index contributed by atoms with van der Waals surface area (Å²) in [6.45, 7) is 4.31. The second-order valence-corrected chi connectivity index (χ2v) is 4.65. The van der Waals surface area contributed by atoms with Gasteiger partial charge in [-0.05, 0) is 31.7 Å². The van der Waals surface area contributed by atoms with Crippen LogP contribution in [-0.4, -0.2) is 15.2 Å². The Hall–Kier alpha value is -0.500. The number of aryl methyl sites for hydroxylation is 3. The molecule has 3 heteroatoms. The second-order valence-electron chi connectivity index (χ2n) is 4.03. The van der Waals surface area contributed by atoms with Gasteiger partial charge in [-0.3, -0.25) is 4.68 Å². The van der Waals surface area contributed by atoms with Gasteiger partial charge in [0, 0.05) is 18.1 Å². The topological polar surface area (TPSA) is 17.8 Å². The first-order valence-electron chi connectivity index (χ1n) is 5.83. The van der Waals surface area contributed by atoms with E-state index in [-0.39, 0.29) is 0 Å². The molecule has 0 aliphatic carbocycles. The first kappa shape index (κ1) is 12.6. The van der Waals surface area contributed by atoms with E-state index in [0.29, 0.717) is 5.38 Å². The molecule has 86 valence electrons. The van der Waals surface area contributed by atoms with Crippen LogP contribution >= 0.6 is 11.6 Å². The van der Waals surface area contributed by atoms with Crippen LogP contribution in [-0.2, 0) is 19.9 Å². The summed E-state index contributed by atoms with van der Waals surface area (Å²) >= 11 is 6.19. The predicted octanol–water partition coefficient (Wildman–Crippen LogP) is 3.32. The lowest BCUT2D eigenvalue weighted by atomic mass is 10.1. The van der Waals surface area contributed by atoms with Gasteiger partial charge in [-0.15, -0.1) is 11.6 Å². The van der Waals surface area contributed by atoms with Gasteiger partial charge in [0.15, 0.2) is 0 Å². The molecule has 0 N–H and O–H groups in total. The van der Waals surface area contributed by atoms with Crippen LogP contribution in [0.4, 0.5) is 0 Å². The Morgan fingerprint density at radius 2 is 2.13 bits per heavy atom. The van der Waals surface area contributed by atoms with E-state index in [1.54, 1.807) is 0 Å². The average Bonchev–Trinajstić information content (AvgIpc) is 2.57. The van der Waals surface area contributed by atoms with E-state index in [4.69, 9.17) is 11.6 Å². The van der Waals surface area contributed by atoms with Crippen LogP contribution in [0.5, 0.6) is 0 Å². The van der Waals surface area contributed by atoms with Gasteiger partial charge in [-0.2, -0.15) is 5.10 Å². The molecule has 0 saturated carbocycles. The summed E-state index contributed by atoms with van der Waals surface area (Å²) in [5.74, 6) is 0. The zero-order valence-electron chi connectivity index (χ0n) is 9.96. The average molecular weight is 229 g/mol. The third-order valence-corrected chi connectivity index (χ3v) is 3.14. The molecule has 0 aromatic carbocycles. The van der Waals surface area contributed by atoms with Gasteiger partial charge in [-0.1, -0.05) is 20.3 Å². The van der Waals surface area contributed by atoms with E-state index in [9.17, 15) is 0 Å². The third kappa shape index (κ3) is 3.86. The molecule has 0 fully saturated rings. The summed E-state index contributed by atoms with van der Waals surface area (Å²) in [6, 6.07) is 2.19. The van der Waals surface area contributed by atoms with Crippen molar-refractivity contribution in [3.63, 3.8) is 0 Å². The normalized spacial score (nSPS) is 13.1. The molecule has 2 nitrogen and oxygen atoms in total. The van der Waals surface area contributed by atoms with Gasteiger partial charge >= 0.3 is 0 Å². The van der Waals surface area contributed by atoms with E-state index in [2.05, 4.69) is 25.0 Å². The number of hydrogen-bond donors (Lipinski definition) is 0. The van der Waals surface area contributed by atoms with Crippen LogP contribution in [0.3, 0.4) is 0 Å². The Bertz CT molecular complexity index is 294. The van der Waals surface area contributed by atoms with Crippen molar-refractivity contribution in [2.24, 2.45) is 7.05 Å². The molecule has 1 aromatic rings. The van der Waals surface area contributed by atoms with Crippen molar-refractivity contribution in [1.82, 2.24) is 9.78 Å². The van der Waals surface area contributed by atoms with Crippen LogP contribution in [0.15, 0.2) is 6.07 Å². The lowest BCUT2D eigenvalue weighted by Crippen LogP contribution is -2.04.